The predicted molar refractivity (Wildman–Crippen MR) is 55.4 cm³/mol. The lowest BCUT2D eigenvalue weighted by molar-refractivity contribution is 0.110. The molecule has 3 fully saturated rings. The SMILES string of the molecule is Oc1cccc(C23CCNC(C2)C3)c1. The molecule has 2 nitrogen and oxygen atoms in total. The smallest absolute Gasteiger partial charge is 0.115 e. The van der Waals surface area contributed by atoms with Crippen LogP contribution in [0.2, 0.25) is 0 Å². The number of piperidine rings is 2. The third-order valence-electron chi connectivity index (χ3n) is 3.77. The molecule has 0 spiro atoms. The lowest BCUT2D eigenvalue weighted by Gasteiger charge is -2.53. The zero-order chi connectivity index (χ0) is 9.60. The Morgan fingerprint density at radius 2 is 2.21 bits per heavy atom. The highest BCUT2D eigenvalue weighted by Crippen LogP contribution is 2.49. The number of benzene rings is 1. The molecule has 2 bridgehead atoms. The fraction of sp³-hybridized carbons (Fsp3) is 0.500. The zero-order valence-electron chi connectivity index (χ0n) is 8.16. The summed E-state index contributed by atoms with van der Waals surface area (Å²) < 4.78 is 0. The van der Waals surface area contributed by atoms with Gasteiger partial charge in [-0.15, -0.1) is 0 Å². The number of aromatic hydroxyl groups is 1. The molecule has 1 saturated carbocycles. The van der Waals surface area contributed by atoms with Crippen LogP contribution in [-0.2, 0) is 5.41 Å². The number of hydrogen-bond donors (Lipinski definition) is 2. The first kappa shape index (κ1) is 8.30. The van der Waals surface area contributed by atoms with Crippen LogP contribution in [-0.4, -0.2) is 17.7 Å². The Balaban J connectivity index is 1.95. The Morgan fingerprint density at radius 1 is 1.36 bits per heavy atom. The van der Waals surface area contributed by atoms with E-state index in [0.717, 1.165) is 12.6 Å². The third-order valence-corrected chi connectivity index (χ3v) is 3.77. The number of hydrogen-bond acceptors (Lipinski definition) is 2. The van der Waals surface area contributed by atoms with Crippen molar-refractivity contribution >= 4 is 0 Å². The van der Waals surface area contributed by atoms with Gasteiger partial charge in [0.2, 0.25) is 0 Å². The van der Waals surface area contributed by atoms with Gasteiger partial charge in [-0.3, -0.25) is 0 Å². The Bertz CT molecular complexity index is 350. The first-order valence-electron chi connectivity index (χ1n) is 5.31. The van der Waals surface area contributed by atoms with Gasteiger partial charge in [0.1, 0.15) is 5.75 Å². The molecule has 0 radical (unpaired) electrons. The highest BCUT2D eigenvalue weighted by atomic mass is 16.3. The molecular weight excluding hydrogens is 174 g/mol. The van der Waals surface area contributed by atoms with Crippen LogP contribution >= 0.6 is 0 Å². The van der Waals surface area contributed by atoms with Crippen molar-refractivity contribution in [3.63, 3.8) is 0 Å². The second-order valence-electron chi connectivity index (χ2n) is 4.64. The van der Waals surface area contributed by atoms with Gasteiger partial charge in [-0.25, -0.2) is 0 Å². The molecule has 0 amide bonds. The number of phenolic OH excluding ortho intramolecular Hbond substituents is 1. The van der Waals surface area contributed by atoms with E-state index in [0.29, 0.717) is 11.2 Å². The summed E-state index contributed by atoms with van der Waals surface area (Å²) in [5.41, 5.74) is 1.71. The summed E-state index contributed by atoms with van der Waals surface area (Å²) in [5.74, 6) is 0.402. The van der Waals surface area contributed by atoms with E-state index in [9.17, 15) is 5.11 Å². The number of rotatable bonds is 1. The van der Waals surface area contributed by atoms with Crippen molar-refractivity contribution in [2.45, 2.75) is 30.7 Å². The van der Waals surface area contributed by atoms with Crippen molar-refractivity contribution in [3.05, 3.63) is 29.8 Å². The molecule has 0 aromatic heterocycles. The fourth-order valence-corrected chi connectivity index (χ4v) is 2.96. The largest absolute Gasteiger partial charge is 0.508 e. The molecule has 1 aromatic carbocycles. The predicted octanol–water partition coefficient (Wildman–Crippen LogP) is 1.79. The zero-order valence-corrected chi connectivity index (χ0v) is 8.16. The van der Waals surface area contributed by atoms with Gasteiger partial charge in [-0.05, 0) is 48.9 Å². The summed E-state index contributed by atoms with van der Waals surface area (Å²) in [5, 5.41) is 13.0. The molecule has 3 aliphatic rings. The molecule has 4 rings (SSSR count). The van der Waals surface area contributed by atoms with E-state index in [2.05, 4.69) is 11.4 Å². The molecule has 0 atom stereocenters. The van der Waals surface area contributed by atoms with E-state index in [1.165, 1.54) is 24.8 Å². The van der Waals surface area contributed by atoms with Crippen LogP contribution < -0.4 is 5.32 Å². The molecular formula is C12H15NO. The van der Waals surface area contributed by atoms with Gasteiger partial charge in [0.15, 0.2) is 0 Å². The first-order valence-corrected chi connectivity index (χ1v) is 5.31. The van der Waals surface area contributed by atoms with Crippen LogP contribution in [0.1, 0.15) is 24.8 Å². The molecule has 0 unspecified atom stereocenters. The van der Waals surface area contributed by atoms with E-state index in [1.54, 1.807) is 6.07 Å². The van der Waals surface area contributed by atoms with Gasteiger partial charge >= 0.3 is 0 Å². The highest BCUT2D eigenvalue weighted by molar-refractivity contribution is 5.36. The van der Waals surface area contributed by atoms with Crippen LogP contribution in [0, 0.1) is 0 Å². The molecule has 2 heterocycles. The van der Waals surface area contributed by atoms with E-state index in [4.69, 9.17) is 0 Å². The van der Waals surface area contributed by atoms with Crippen LogP contribution in [0.15, 0.2) is 24.3 Å². The normalized spacial score (nSPS) is 35.0. The summed E-state index contributed by atoms with van der Waals surface area (Å²) >= 11 is 0. The minimum absolute atomic E-state index is 0.384. The number of nitrogens with one attached hydrogen (secondary N) is 1. The molecule has 2 saturated heterocycles. The van der Waals surface area contributed by atoms with Gasteiger partial charge in [-0.1, -0.05) is 12.1 Å². The van der Waals surface area contributed by atoms with E-state index >= 15 is 0 Å². The maximum atomic E-state index is 9.46. The Kier molecular flexibility index (Phi) is 1.62. The van der Waals surface area contributed by atoms with Crippen molar-refractivity contribution in [2.75, 3.05) is 6.54 Å². The number of fused-ring (bicyclic) bond motifs is 2. The van der Waals surface area contributed by atoms with E-state index in [-0.39, 0.29) is 0 Å². The lowest BCUT2D eigenvalue weighted by Crippen LogP contribution is -2.58. The van der Waals surface area contributed by atoms with Gasteiger partial charge < -0.3 is 10.4 Å². The molecule has 2 heteroatoms. The average Bonchev–Trinajstić information content (AvgIpc) is 2.17. The average molecular weight is 189 g/mol. The molecule has 2 N–H and O–H groups in total. The third kappa shape index (κ3) is 1.07. The minimum Gasteiger partial charge on any atom is -0.508 e. The van der Waals surface area contributed by atoms with Crippen LogP contribution in [0.25, 0.3) is 0 Å². The van der Waals surface area contributed by atoms with Gasteiger partial charge in [0.25, 0.3) is 0 Å². The maximum Gasteiger partial charge on any atom is 0.115 e. The van der Waals surface area contributed by atoms with Crippen molar-refractivity contribution in [3.8, 4) is 5.75 Å². The van der Waals surface area contributed by atoms with Gasteiger partial charge in [0.05, 0.1) is 0 Å². The number of phenols is 1. The standard InChI is InChI=1S/C12H15NO/c14-11-3-1-2-9(6-11)12-4-5-13-10(7-12)8-12/h1-3,6,10,13-14H,4-5,7-8H2. The lowest BCUT2D eigenvalue weighted by atomic mass is 9.57. The first-order chi connectivity index (χ1) is 6.78. The summed E-state index contributed by atoms with van der Waals surface area (Å²) in [7, 11) is 0. The second kappa shape index (κ2) is 2.74. The van der Waals surface area contributed by atoms with Crippen LogP contribution in [0.3, 0.4) is 0 Å². The fourth-order valence-electron chi connectivity index (χ4n) is 2.96. The topological polar surface area (TPSA) is 32.3 Å². The summed E-state index contributed by atoms with van der Waals surface area (Å²) in [6.07, 6.45) is 3.71. The maximum absolute atomic E-state index is 9.46. The molecule has 1 aliphatic carbocycles. The molecule has 1 aromatic rings. The second-order valence-corrected chi connectivity index (χ2v) is 4.64. The van der Waals surface area contributed by atoms with Crippen LogP contribution in [0.4, 0.5) is 0 Å². The molecule has 2 aliphatic heterocycles. The molecule has 74 valence electrons. The van der Waals surface area contributed by atoms with Gasteiger partial charge in [-0.2, -0.15) is 0 Å². The summed E-state index contributed by atoms with van der Waals surface area (Å²) in [6, 6.07) is 8.51. The monoisotopic (exact) mass is 189 g/mol. The van der Waals surface area contributed by atoms with Crippen LogP contribution in [0.5, 0.6) is 5.75 Å². The summed E-state index contributed by atoms with van der Waals surface area (Å²) in [6.45, 7) is 1.13. The Labute approximate surface area is 84.0 Å². The Hall–Kier alpha value is -1.02. The Morgan fingerprint density at radius 3 is 2.86 bits per heavy atom. The minimum atomic E-state index is 0.384. The quantitative estimate of drug-likeness (QED) is 0.706. The van der Waals surface area contributed by atoms with Crippen molar-refractivity contribution in [1.82, 2.24) is 5.32 Å². The van der Waals surface area contributed by atoms with Crippen molar-refractivity contribution in [1.29, 1.82) is 0 Å². The van der Waals surface area contributed by atoms with E-state index in [1.807, 2.05) is 12.1 Å². The molecule has 14 heavy (non-hydrogen) atoms. The van der Waals surface area contributed by atoms with E-state index < -0.39 is 0 Å². The van der Waals surface area contributed by atoms with Crippen molar-refractivity contribution < 1.29 is 5.11 Å². The van der Waals surface area contributed by atoms with Crippen molar-refractivity contribution in [2.24, 2.45) is 0 Å². The summed E-state index contributed by atoms with van der Waals surface area (Å²) in [4.78, 5) is 0. The highest BCUT2D eigenvalue weighted by Gasteiger charge is 2.47. The van der Waals surface area contributed by atoms with Gasteiger partial charge in [0, 0.05) is 6.04 Å².